The number of hydrogen-bond donors (Lipinski definition) is 2. The fourth-order valence-electron chi connectivity index (χ4n) is 2.83. The van der Waals surface area contributed by atoms with Gasteiger partial charge in [-0.3, -0.25) is 4.68 Å². The van der Waals surface area contributed by atoms with Crippen molar-refractivity contribution in [1.82, 2.24) is 9.78 Å². The summed E-state index contributed by atoms with van der Waals surface area (Å²) in [6.45, 7) is 6.16. The maximum absolute atomic E-state index is 12.4. The normalized spacial score (nSPS) is 10.7. The lowest BCUT2D eigenvalue weighted by molar-refractivity contribution is 0.262. The van der Waals surface area contributed by atoms with E-state index >= 15 is 0 Å². The zero-order valence-electron chi connectivity index (χ0n) is 15.3. The van der Waals surface area contributed by atoms with Gasteiger partial charge in [0.2, 0.25) is 0 Å². The predicted molar refractivity (Wildman–Crippen MR) is 111 cm³/mol. The van der Waals surface area contributed by atoms with Crippen molar-refractivity contribution in [1.29, 1.82) is 0 Å². The van der Waals surface area contributed by atoms with Gasteiger partial charge in [-0.1, -0.05) is 47.5 Å². The van der Waals surface area contributed by atoms with Gasteiger partial charge in [-0.15, -0.1) is 0 Å². The number of hydrogen-bond acceptors (Lipinski definition) is 2. The first-order valence-corrected chi connectivity index (χ1v) is 9.23. The number of nitrogens with zero attached hydrogens (tertiary/aromatic N) is 2. The summed E-state index contributed by atoms with van der Waals surface area (Å²) < 4.78 is 1.83. The molecule has 0 spiro atoms. The van der Waals surface area contributed by atoms with Crippen molar-refractivity contribution in [2.45, 2.75) is 27.3 Å². The van der Waals surface area contributed by atoms with Gasteiger partial charge < -0.3 is 10.6 Å². The number of rotatable bonds is 4. The number of benzene rings is 2. The van der Waals surface area contributed by atoms with Crippen molar-refractivity contribution in [2.24, 2.45) is 0 Å². The number of nitrogens with one attached hydrogen (secondary N) is 2. The zero-order chi connectivity index (χ0) is 19.6. The third-order valence-electron chi connectivity index (χ3n) is 4.41. The van der Waals surface area contributed by atoms with E-state index in [4.69, 9.17) is 23.2 Å². The summed E-state index contributed by atoms with van der Waals surface area (Å²) in [5, 5.41) is 11.5. The molecule has 0 radical (unpaired) electrons. The van der Waals surface area contributed by atoms with E-state index in [-0.39, 0.29) is 6.03 Å². The molecule has 2 amide bonds. The van der Waals surface area contributed by atoms with Crippen LogP contribution in [-0.4, -0.2) is 15.8 Å². The molecule has 2 aromatic carbocycles. The fourth-order valence-corrected chi connectivity index (χ4v) is 3.20. The molecule has 0 aliphatic rings. The van der Waals surface area contributed by atoms with Crippen LogP contribution < -0.4 is 10.6 Å². The van der Waals surface area contributed by atoms with Crippen LogP contribution in [0.25, 0.3) is 0 Å². The van der Waals surface area contributed by atoms with Gasteiger partial charge in [0.25, 0.3) is 0 Å². The minimum Gasteiger partial charge on any atom is -0.307 e. The van der Waals surface area contributed by atoms with E-state index in [1.54, 1.807) is 18.2 Å². The van der Waals surface area contributed by atoms with Crippen molar-refractivity contribution < 1.29 is 4.79 Å². The molecule has 3 aromatic rings. The molecule has 1 heterocycles. The van der Waals surface area contributed by atoms with E-state index in [1.807, 2.05) is 49.7 Å². The Morgan fingerprint density at radius 2 is 1.70 bits per heavy atom. The number of halogens is 2. The van der Waals surface area contributed by atoms with Crippen molar-refractivity contribution >= 4 is 40.6 Å². The Labute approximate surface area is 168 Å². The molecule has 0 saturated heterocycles. The Balaban J connectivity index is 1.77. The molecule has 0 atom stereocenters. The van der Waals surface area contributed by atoms with Gasteiger partial charge in [-0.05, 0) is 50.1 Å². The standard InChI is InChI=1S/C20H20Cl2N4O/c1-12-16(21)9-6-10-18(12)23-20(27)24-19-13(2)25-26(14(19)3)11-15-7-4-5-8-17(15)22/h4-10H,11H2,1-3H3,(H2,23,24,27). The summed E-state index contributed by atoms with van der Waals surface area (Å²) >= 11 is 12.3. The Morgan fingerprint density at radius 3 is 2.44 bits per heavy atom. The first-order valence-electron chi connectivity index (χ1n) is 8.47. The summed E-state index contributed by atoms with van der Waals surface area (Å²) in [4.78, 5) is 12.4. The van der Waals surface area contributed by atoms with Crippen LogP contribution in [0.4, 0.5) is 16.2 Å². The topological polar surface area (TPSA) is 59.0 Å². The molecular weight excluding hydrogens is 383 g/mol. The zero-order valence-corrected chi connectivity index (χ0v) is 16.8. The van der Waals surface area contributed by atoms with Crippen molar-refractivity contribution in [2.75, 3.05) is 10.6 Å². The van der Waals surface area contributed by atoms with Crippen LogP contribution in [0, 0.1) is 20.8 Å². The summed E-state index contributed by atoms with van der Waals surface area (Å²) in [5.74, 6) is 0. The molecule has 0 unspecified atom stereocenters. The molecule has 5 nitrogen and oxygen atoms in total. The molecule has 7 heteroatoms. The second kappa shape index (κ2) is 8.03. The average molecular weight is 403 g/mol. The fraction of sp³-hybridized carbons (Fsp3) is 0.200. The lowest BCUT2D eigenvalue weighted by Gasteiger charge is -2.11. The highest BCUT2D eigenvalue weighted by atomic mass is 35.5. The summed E-state index contributed by atoms with van der Waals surface area (Å²) in [6, 6.07) is 12.7. The van der Waals surface area contributed by atoms with Gasteiger partial charge in [-0.2, -0.15) is 5.10 Å². The molecule has 1 aromatic heterocycles. The third-order valence-corrected chi connectivity index (χ3v) is 5.19. The molecule has 0 saturated carbocycles. The molecule has 0 aliphatic carbocycles. The predicted octanol–water partition coefficient (Wildman–Crippen LogP) is 5.81. The van der Waals surface area contributed by atoms with E-state index in [0.29, 0.717) is 28.0 Å². The van der Waals surface area contributed by atoms with Crippen LogP contribution in [0.3, 0.4) is 0 Å². The Hall–Kier alpha value is -2.50. The van der Waals surface area contributed by atoms with Crippen molar-refractivity contribution in [3.05, 3.63) is 75.0 Å². The molecule has 0 aliphatic heterocycles. The van der Waals surface area contributed by atoms with Crippen LogP contribution in [-0.2, 0) is 6.54 Å². The van der Waals surface area contributed by atoms with E-state index in [1.165, 1.54) is 0 Å². The van der Waals surface area contributed by atoms with Crippen molar-refractivity contribution in [3.8, 4) is 0 Å². The van der Waals surface area contributed by atoms with E-state index in [0.717, 1.165) is 22.5 Å². The van der Waals surface area contributed by atoms with Crippen LogP contribution >= 0.6 is 23.2 Å². The highest BCUT2D eigenvalue weighted by Crippen LogP contribution is 2.25. The number of urea groups is 1. The number of anilines is 2. The monoisotopic (exact) mass is 402 g/mol. The Morgan fingerprint density at radius 1 is 1.00 bits per heavy atom. The number of carbonyl (C=O) groups excluding carboxylic acids is 1. The minimum absolute atomic E-state index is 0.344. The van der Waals surface area contributed by atoms with Gasteiger partial charge in [0.05, 0.1) is 23.6 Å². The summed E-state index contributed by atoms with van der Waals surface area (Å²) in [7, 11) is 0. The number of carbonyl (C=O) groups is 1. The molecule has 2 N–H and O–H groups in total. The minimum atomic E-state index is -0.344. The quantitative estimate of drug-likeness (QED) is 0.578. The van der Waals surface area contributed by atoms with Crippen LogP contribution in [0.1, 0.15) is 22.5 Å². The van der Waals surface area contributed by atoms with Crippen LogP contribution in [0.15, 0.2) is 42.5 Å². The maximum atomic E-state index is 12.4. The van der Waals surface area contributed by atoms with Gasteiger partial charge >= 0.3 is 6.03 Å². The van der Waals surface area contributed by atoms with Gasteiger partial charge in [0, 0.05) is 15.7 Å². The Bertz CT molecular complexity index is 998. The summed E-state index contributed by atoms with van der Waals surface area (Å²) in [5.41, 5.74) is 4.72. The van der Waals surface area contributed by atoms with Crippen LogP contribution in [0.5, 0.6) is 0 Å². The lowest BCUT2D eigenvalue weighted by Crippen LogP contribution is -2.20. The smallest absolute Gasteiger partial charge is 0.307 e. The van der Waals surface area contributed by atoms with E-state index in [9.17, 15) is 4.79 Å². The maximum Gasteiger partial charge on any atom is 0.323 e. The Kier molecular flexibility index (Phi) is 5.73. The second-order valence-corrected chi connectivity index (χ2v) is 7.10. The third kappa shape index (κ3) is 4.26. The molecule has 27 heavy (non-hydrogen) atoms. The van der Waals surface area contributed by atoms with Gasteiger partial charge in [0.15, 0.2) is 0 Å². The number of aromatic nitrogens is 2. The first kappa shape index (κ1) is 19.3. The lowest BCUT2D eigenvalue weighted by atomic mass is 10.2. The number of aryl methyl sites for hydroxylation is 1. The summed E-state index contributed by atoms with van der Waals surface area (Å²) in [6.07, 6.45) is 0. The van der Waals surface area contributed by atoms with Crippen LogP contribution in [0.2, 0.25) is 10.0 Å². The van der Waals surface area contributed by atoms with E-state index < -0.39 is 0 Å². The van der Waals surface area contributed by atoms with Gasteiger partial charge in [0.1, 0.15) is 0 Å². The molecule has 140 valence electrons. The number of amides is 2. The molecule has 0 fully saturated rings. The van der Waals surface area contributed by atoms with Crippen molar-refractivity contribution in [3.63, 3.8) is 0 Å². The largest absolute Gasteiger partial charge is 0.323 e. The van der Waals surface area contributed by atoms with E-state index in [2.05, 4.69) is 15.7 Å². The molecular formula is C20H20Cl2N4O. The molecule has 0 bridgehead atoms. The highest BCUT2D eigenvalue weighted by molar-refractivity contribution is 6.32. The average Bonchev–Trinajstić information content (AvgIpc) is 2.88. The highest BCUT2D eigenvalue weighted by Gasteiger charge is 2.16. The SMILES string of the molecule is Cc1nn(Cc2ccccc2Cl)c(C)c1NC(=O)Nc1cccc(Cl)c1C. The first-order chi connectivity index (χ1) is 12.9. The second-order valence-electron chi connectivity index (χ2n) is 6.29. The molecule has 3 rings (SSSR count). The van der Waals surface area contributed by atoms with Gasteiger partial charge in [-0.25, -0.2) is 4.79 Å².